The van der Waals surface area contributed by atoms with E-state index >= 15 is 0 Å². The Bertz CT molecular complexity index is 1220. The average Bonchev–Trinajstić information content (AvgIpc) is 3.31. The number of nitro benzene ring substituents is 1. The standard InChI is InChI=1S/C20H15N5O4S/c1-29-16-8-7-12(9-15(16)25(27)28)18-13(10-17-19(26)22-20(21)30-17)11-24(23-18)14-5-3-2-4-6-14/h2-11H,1H3,(H2,21,22,26)/b17-10+. The number of thioether (sulfide) groups is 1. The SMILES string of the molecule is COc1ccc(-c2nn(-c3ccccc3)cc2/C=C2/SC(N)=NC2=O)cc1[N+](=O)[O-]. The molecule has 2 N–H and O–H groups in total. The molecule has 0 spiro atoms. The van der Waals surface area contributed by atoms with Gasteiger partial charge in [-0.1, -0.05) is 18.2 Å². The molecular formula is C20H15N5O4S. The lowest BCUT2D eigenvalue weighted by atomic mass is 10.1. The van der Waals surface area contributed by atoms with Gasteiger partial charge < -0.3 is 10.5 Å². The Hall–Kier alpha value is -3.92. The van der Waals surface area contributed by atoms with E-state index in [1.807, 2.05) is 30.3 Å². The molecule has 150 valence electrons. The molecule has 4 rings (SSSR count). The summed E-state index contributed by atoms with van der Waals surface area (Å²) in [6.07, 6.45) is 3.38. The highest BCUT2D eigenvalue weighted by Gasteiger charge is 2.23. The number of hydrogen-bond donors (Lipinski definition) is 1. The predicted molar refractivity (Wildman–Crippen MR) is 114 cm³/mol. The van der Waals surface area contributed by atoms with E-state index < -0.39 is 10.8 Å². The van der Waals surface area contributed by atoms with Crippen LogP contribution < -0.4 is 10.5 Å². The highest BCUT2D eigenvalue weighted by Crippen LogP contribution is 2.35. The second kappa shape index (κ2) is 7.84. The number of amides is 1. The number of hydrogen-bond acceptors (Lipinski definition) is 7. The Labute approximate surface area is 175 Å². The van der Waals surface area contributed by atoms with Crippen LogP contribution in [0.2, 0.25) is 0 Å². The molecule has 1 amide bonds. The van der Waals surface area contributed by atoms with Crippen molar-refractivity contribution in [2.24, 2.45) is 10.7 Å². The van der Waals surface area contributed by atoms with Crippen LogP contribution in [0.4, 0.5) is 5.69 Å². The summed E-state index contributed by atoms with van der Waals surface area (Å²) in [6.45, 7) is 0. The fourth-order valence-corrected chi connectivity index (χ4v) is 3.65. The van der Waals surface area contributed by atoms with Gasteiger partial charge in [0.2, 0.25) is 0 Å². The first-order valence-corrected chi connectivity index (χ1v) is 9.54. The maximum absolute atomic E-state index is 12.1. The lowest BCUT2D eigenvalue weighted by Crippen LogP contribution is -2.01. The summed E-state index contributed by atoms with van der Waals surface area (Å²) in [7, 11) is 1.37. The molecule has 1 aliphatic heterocycles. The highest BCUT2D eigenvalue weighted by atomic mass is 32.2. The van der Waals surface area contributed by atoms with Crippen molar-refractivity contribution >= 4 is 34.6 Å². The maximum atomic E-state index is 12.1. The maximum Gasteiger partial charge on any atom is 0.311 e. The number of methoxy groups -OCH3 is 1. The Balaban J connectivity index is 1.87. The Morgan fingerprint density at radius 1 is 1.23 bits per heavy atom. The van der Waals surface area contributed by atoms with Gasteiger partial charge in [-0.15, -0.1) is 0 Å². The monoisotopic (exact) mass is 421 g/mol. The van der Waals surface area contributed by atoms with Gasteiger partial charge in [-0.2, -0.15) is 10.1 Å². The van der Waals surface area contributed by atoms with E-state index in [2.05, 4.69) is 10.1 Å². The van der Waals surface area contributed by atoms with Gasteiger partial charge in [0.15, 0.2) is 10.9 Å². The third-order valence-electron chi connectivity index (χ3n) is 4.34. The molecule has 2 heterocycles. The van der Waals surface area contributed by atoms with E-state index in [4.69, 9.17) is 10.5 Å². The summed E-state index contributed by atoms with van der Waals surface area (Å²) < 4.78 is 6.72. The summed E-state index contributed by atoms with van der Waals surface area (Å²) in [5.74, 6) is -0.287. The van der Waals surface area contributed by atoms with E-state index in [9.17, 15) is 14.9 Å². The first-order chi connectivity index (χ1) is 14.5. The number of benzene rings is 2. The van der Waals surface area contributed by atoms with Gasteiger partial charge in [0.1, 0.15) is 5.69 Å². The number of para-hydroxylation sites is 1. The summed E-state index contributed by atoms with van der Waals surface area (Å²) in [4.78, 5) is 27.0. The minimum absolute atomic E-state index is 0.147. The number of carbonyl (C=O) groups excluding carboxylic acids is 1. The Kier molecular flexibility index (Phi) is 5.07. The van der Waals surface area contributed by atoms with Crippen LogP contribution in [0.5, 0.6) is 5.75 Å². The van der Waals surface area contributed by atoms with Crippen molar-refractivity contribution in [3.05, 3.63) is 75.3 Å². The molecule has 1 aliphatic rings. The second-order valence-electron chi connectivity index (χ2n) is 6.22. The Morgan fingerprint density at radius 3 is 2.63 bits per heavy atom. The number of aliphatic imine (C=N–C) groups is 1. The minimum atomic E-state index is -0.514. The summed E-state index contributed by atoms with van der Waals surface area (Å²) >= 11 is 1.07. The minimum Gasteiger partial charge on any atom is -0.490 e. The highest BCUT2D eigenvalue weighted by molar-refractivity contribution is 8.18. The lowest BCUT2D eigenvalue weighted by molar-refractivity contribution is -0.385. The summed E-state index contributed by atoms with van der Waals surface area (Å²) in [5.41, 5.74) is 7.83. The van der Waals surface area contributed by atoms with E-state index in [-0.39, 0.29) is 16.6 Å². The first kappa shape index (κ1) is 19.4. The molecule has 2 aromatic carbocycles. The molecule has 0 saturated carbocycles. The van der Waals surface area contributed by atoms with Crippen molar-refractivity contribution in [2.75, 3.05) is 7.11 Å². The van der Waals surface area contributed by atoms with Crippen molar-refractivity contribution in [1.82, 2.24) is 9.78 Å². The molecule has 0 unspecified atom stereocenters. The molecule has 1 aromatic heterocycles. The van der Waals surface area contributed by atoms with Gasteiger partial charge in [0, 0.05) is 23.4 Å². The molecule has 0 saturated heterocycles. The van der Waals surface area contributed by atoms with E-state index in [1.165, 1.54) is 19.2 Å². The quantitative estimate of drug-likeness (QED) is 0.380. The van der Waals surface area contributed by atoms with Gasteiger partial charge in [-0.05, 0) is 42.1 Å². The number of amidine groups is 1. The Morgan fingerprint density at radius 2 is 2.00 bits per heavy atom. The summed E-state index contributed by atoms with van der Waals surface area (Å²) in [5, 5.41) is 16.2. The zero-order valence-corrected chi connectivity index (χ0v) is 16.5. The van der Waals surface area contributed by atoms with Gasteiger partial charge in [0.25, 0.3) is 5.91 Å². The van der Waals surface area contributed by atoms with E-state index in [1.54, 1.807) is 23.0 Å². The van der Waals surface area contributed by atoms with Crippen LogP contribution in [0.1, 0.15) is 5.56 Å². The van der Waals surface area contributed by atoms with Crippen LogP contribution in [-0.2, 0) is 4.79 Å². The van der Waals surface area contributed by atoms with Gasteiger partial charge in [-0.3, -0.25) is 14.9 Å². The fourth-order valence-electron chi connectivity index (χ4n) is 2.98. The van der Waals surface area contributed by atoms with Crippen LogP contribution >= 0.6 is 11.8 Å². The second-order valence-corrected chi connectivity index (χ2v) is 7.28. The van der Waals surface area contributed by atoms with Gasteiger partial charge in [0.05, 0.1) is 22.6 Å². The fraction of sp³-hybridized carbons (Fsp3) is 0.0500. The summed E-state index contributed by atoms with van der Waals surface area (Å²) in [6, 6.07) is 14.0. The molecule has 0 atom stereocenters. The molecule has 9 nitrogen and oxygen atoms in total. The smallest absolute Gasteiger partial charge is 0.311 e. The third-order valence-corrected chi connectivity index (χ3v) is 5.15. The number of nitro groups is 1. The number of nitrogens with two attached hydrogens (primary N) is 1. The average molecular weight is 421 g/mol. The van der Waals surface area contributed by atoms with Crippen molar-refractivity contribution in [2.45, 2.75) is 0 Å². The van der Waals surface area contributed by atoms with Crippen LogP contribution in [-0.4, -0.2) is 32.9 Å². The van der Waals surface area contributed by atoms with E-state index in [0.29, 0.717) is 21.7 Å². The molecule has 3 aromatic rings. The predicted octanol–water partition coefficient (Wildman–Crippen LogP) is 3.39. The molecule has 0 fully saturated rings. The first-order valence-electron chi connectivity index (χ1n) is 8.72. The zero-order chi connectivity index (χ0) is 21.3. The molecule has 0 radical (unpaired) electrons. The largest absolute Gasteiger partial charge is 0.490 e. The van der Waals surface area contributed by atoms with Crippen LogP contribution in [0.25, 0.3) is 23.0 Å². The lowest BCUT2D eigenvalue weighted by Gasteiger charge is -2.04. The molecule has 0 bridgehead atoms. The van der Waals surface area contributed by atoms with Crippen molar-refractivity contribution in [1.29, 1.82) is 0 Å². The number of rotatable bonds is 5. The zero-order valence-electron chi connectivity index (χ0n) is 15.7. The molecular weight excluding hydrogens is 406 g/mol. The van der Waals surface area contributed by atoms with Crippen molar-refractivity contribution in [3.63, 3.8) is 0 Å². The van der Waals surface area contributed by atoms with Crippen molar-refractivity contribution < 1.29 is 14.5 Å². The van der Waals surface area contributed by atoms with E-state index in [0.717, 1.165) is 17.4 Å². The molecule has 30 heavy (non-hydrogen) atoms. The number of carbonyl (C=O) groups is 1. The topological polar surface area (TPSA) is 126 Å². The van der Waals surface area contributed by atoms with Crippen LogP contribution in [0, 0.1) is 10.1 Å². The number of aromatic nitrogens is 2. The van der Waals surface area contributed by atoms with Crippen molar-refractivity contribution in [3.8, 4) is 22.7 Å². The third kappa shape index (κ3) is 3.67. The molecule has 10 heteroatoms. The number of ether oxygens (including phenoxy) is 1. The van der Waals surface area contributed by atoms with Gasteiger partial charge in [-0.25, -0.2) is 4.68 Å². The van der Waals surface area contributed by atoms with Gasteiger partial charge >= 0.3 is 5.69 Å². The van der Waals surface area contributed by atoms with Crippen LogP contribution in [0.3, 0.4) is 0 Å². The van der Waals surface area contributed by atoms with Crippen LogP contribution in [0.15, 0.2) is 64.6 Å². The molecule has 0 aliphatic carbocycles. The number of nitrogens with zero attached hydrogens (tertiary/aromatic N) is 4. The normalized spacial score (nSPS) is 14.8.